The van der Waals surface area contributed by atoms with Gasteiger partial charge in [0.05, 0.1) is 0 Å². The summed E-state index contributed by atoms with van der Waals surface area (Å²) in [6.07, 6.45) is 7.86. The van der Waals surface area contributed by atoms with Crippen LogP contribution in [-0.2, 0) is 6.42 Å². The molecule has 1 heterocycles. The number of allylic oxidation sites excluding steroid dienone is 1. The van der Waals surface area contributed by atoms with Crippen LogP contribution in [-0.4, -0.2) is 31.1 Å². The van der Waals surface area contributed by atoms with Crippen molar-refractivity contribution in [1.29, 1.82) is 0 Å². The van der Waals surface area contributed by atoms with Crippen LogP contribution in [0.1, 0.15) is 18.9 Å². The third-order valence-corrected chi connectivity index (χ3v) is 3.48. The number of aliphatic imine (C=N–C) groups is 1. The highest BCUT2D eigenvalue weighted by Crippen LogP contribution is 2.19. The quantitative estimate of drug-likeness (QED) is 0.216. The molecule has 2 rings (SSSR count). The zero-order valence-corrected chi connectivity index (χ0v) is 15.9. The van der Waals surface area contributed by atoms with Gasteiger partial charge in [0.2, 0.25) is 0 Å². The molecule has 3 N–H and O–H groups in total. The molecule has 0 fully saturated rings. The third-order valence-electron chi connectivity index (χ3n) is 3.48. The molecule has 6 heteroatoms. The first kappa shape index (κ1) is 19.5. The SMILES string of the molecule is C/C=C/CCNC(=NC)NCCc1c[nH]c2ccc(F)cc12.I. The molecule has 0 aliphatic heterocycles. The van der Waals surface area contributed by atoms with Gasteiger partial charge < -0.3 is 15.6 Å². The van der Waals surface area contributed by atoms with Crippen molar-refractivity contribution in [3.05, 3.63) is 47.9 Å². The van der Waals surface area contributed by atoms with Crippen molar-refractivity contribution in [2.24, 2.45) is 4.99 Å². The molecule has 23 heavy (non-hydrogen) atoms. The van der Waals surface area contributed by atoms with Crippen molar-refractivity contribution in [2.45, 2.75) is 19.8 Å². The number of aromatic nitrogens is 1. The van der Waals surface area contributed by atoms with Gasteiger partial charge in [0, 0.05) is 37.2 Å². The number of nitrogens with one attached hydrogen (secondary N) is 3. The summed E-state index contributed by atoms with van der Waals surface area (Å²) >= 11 is 0. The number of H-pyrrole nitrogens is 1. The molecule has 0 aliphatic rings. The van der Waals surface area contributed by atoms with Crippen LogP contribution >= 0.6 is 24.0 Å². The molecule has 1 aromatic heterocycles. The minimum Gasteiger partial charge on any atom is -0.361 e. The summed E-state index contributed by atoms with van der Waals surface area (Å²) < 4.78 is 13.3. The van der Waals surface area contributed by atoms with Crippen molar-refractivity contribution in [3.8, 4) is 0 Å². The van der Waals surface area contributed by atoms with Crippen LogP contribution in [0.4, 0.5) is 4.39 Å². The average molecular weight is 430 g/mol. The highest BCUT2D eigenvalue weighted by atomic mass is 127. The number of fused-ring (bicyclic) bond motifs is 1. The average Bonchev–Trinajstić information content (AvgIpc) is 2.92. The molecule has 0 saturated carbocycles. The number of rotatable bonds is 6. The fraction of sp³-hybridized carbons (Fsp3) is 0.353. The number of aromatic amines is 1. The number of nitrogens with zero attached hydrogens (tertiary/aromatic N) is 1. The van der Waals surface area contributed by atoms with Crippen molar-refractivity contribution in [2.75, 3.05) is 20.1 Å². The largest absolute Gasteiger partial charge is 0.361 e. The summed E-state index contributed by atoms with van der Waals surface area (Å²) in [5.74, 6) is 0.582. The van der Waals surface area contributed by atoms with Crippen LogP contribution in [0.5, 0.6) is 0 Å². The lowest BCUT2D eigenvalue weighted by Gasteiger charge is -2.10. The van der Waals surface area contributed by atoms with Crippen LogP contribution < -0.4 is 10.6 Å². The summed E-state index contributed by atoms with van der Waals surface area (Å²) in [4.78, 5) is 7.35. The summed E-state index contributed by atoms with van der Waals surface area (Å²) in [5.41, 5.74) is 2.07. The van der Waals surface area contributed by atoms with Gasteiger partial charge in [0.15, 0.2) is 5.96 Å². The Kier molecular flexibility index (Phi) is 8.68. The number of guanidine groups is 1. The molecule has 0 spiro atoms. The van der Waals surface area contributed by atoms with E-state index in [0.717, 1.165) is 48.4 Å². The second-order valence-corrected chi connectivity index (χ2v) is 5.04. The van der Waals surface area contributed by atoms with E-state index in [1.54, 1.807) is 19.2 Å². The van der Waals surface area contributed by atoms with E-state index >= 15 is 0 Å². The van der Waals surface area contributed by atoms with E-state index in [9.17, 15) is 4.39 Å². The second-order valence-electron chi connectivity index (χ2n) is 5.04. The molecule has 1 aromatic carbocycles. The Balaban J connectivity index is 0.00000264. The standard InChI is InChI=1S/C17H23FN4.HI/c1-3-4-5-9-20-17(19-2)21-10-8-13-12-22-16-7-6-14(18)11-15(13)16;/h3-4,6-7,11-12,22H,5,8-10H2,1-2H3,(H2,19,20,21);1H/b4-3+;. The van der Waals surface area contributed by atoms with Crippen LogP contribution in [0.15, 0.2) is 41.5 Å². The van der Waals surface area contributed by atoms with E-state index in [2.05, 4.69) is 26.7 Å². The number of hydrogen-bond acceptors (Lipinski definition) is 1. The van der Waals surface area contributed by atoms with E-state index < -0.39 is 0 Å². The van der Waals surface area contributed by atoms with Gasteiger partial charge in [-0.3, -0.25) is 4.99 Å². The Hall–Kier alpha value is -1.57. The van der Waals surface area contributed by atoms with E-state index in [4.69, 9.17) is 0 Å². The van der Waals surface area contributed by atoms with E-state index in [-0.39, 0.29) is 29.8 Å². The molecule has 0 bridgehead atoms. The minimum atomic E-state index is -0.206. The molecule has 0 saturated heterocycles. The first-order chi connectivity index (χ1) is 10.7. The number of benzene rings is 1. The zero-order chi connectivity index (χ0) is 15.8. The summed E-state index contributed by atoms with van der Waals surface area (Å²) in [5, 5.41) is 7.46. The molecule has 126 valence electrons. The first-order valence-corrected chi connectivity index (χ1v) is 7.55. The molecule has 0 radical (unpaired) electrons. The van der Waals surface area contributed by atoms with Gasteiger partial charge in [-0.15, -0.1) is 24.0 Å². The smallest absolute Gasteiger partial charge is 0.190 e. The number of halogens is 2. The Bertz CT molecular complexity index is 664. The molecule has 0 atom stereocenters. The van der Waals surface area contributed by atoms with Gasteiger partial charge in [-0.25, -0.2) is 4.39 Å². The van der Waals surface area contributed by atoms with Crippen LogP contribution in [0.2, 0.25) is 0 Å². The van der Waals surface area contributed by atoms with Gasteiger partial charge in [-0.05, 0) is 43.5 Å². The third kappa shape index (κ3) is 5.85. The maximum absolute atomic E-state index is 13.3. The predicted molar refractivity (Wildman–Crippen MR) is 106 cm³/mol. The predicted octanol–water partition coefficient (Wildman–Crippen LogP) is 3.60. The summed E-state index contributed by atoms with van der Waals surface area (Å²) in [7, 11) is 1.76. The summed E-state index contributed by atoms with van der Waals surface area (Å²) in [6.45, 7) is 3.60. The molecule has 0 unspecified atom stereocenters. The highest BCUT2D eigenvalue weighted by molar-refractivity contribution is 14.0. The fourth-order valence-corrected chi connectivity index (χ4v) is 2.33. The highest BCUT2D eigenvalue weighted by Gasteiger charge is 2.05. The summed E-state index contributed by atoms with van der Waals surface area (Å²) in [6, 6.07) is 4.81. The van der Waals surface area contributed by atoms with Crippen molar-refractivity contribution < 1.29 is 4.39 Å². The van der Waals surface area contributed by atoms with Crippen LogP contribution in [0, 0.1) is 5.82 Å². The molecule has 4 nitrogen and oxygen atoms in total. The van der Waals surface area contributed by atoms with Gasteiger partial charge >= 0.3 is 0 Å². The van der Waals surface area contributed by atoms with Crippen LogP contribution in [0.3, 0.4) is 0 Å². The Morgan fingerprint density at radius 1 is 1.30 bits per heavy atom. The number of hydrogen-bond donors (Lipinski definition) is 3. The van der Waals surface area contributed by atoms with Gasteiger partial charge in [0.1, 0.15) is 5.82 Å². The fourth-order valence-electron chi connectivity index (χ4n) is 2.33. The Labute approximate surface area is 153 Å². The van der Waals surface area contributed by atoms with Crippen molar-refractivity contribution in [3.63, 3.8) is 0 Å². The van der Waals surface area contributed by atoms with E-state index in [1.165, 1.54) is 6.07 Å². The maximum Gasteiger partial charge on any atom is 0.190 e. The molecule has 2 aromatic rings. The Morgan fingerprint density at radius 2 is 2.09 bits per heavy atom. The molecule has 0 aliphatic carbocycles. The van der Waals surface area contributed by atoms with Crippen LogP contribution in [0.25, 0.3) is 10.9 Å². The molecule has 0 amide bonds. The second kappa shape index (κ2) is 10.3. The topological polar surface area (TPSA) is 52.2 Å². The maximum atomic E-state index is 13.3. The van der Waals surface area contributed by atoms with Gasteiger partial charge in [-0.2, -0.15) is 0 Å². The van der Waals surface area contributed by atoms with Gasteiger partial charge in [0.25, 0.3) is 0 Å². The lowest BCUT2D eigenvalue weighted by atomic mass is 10.1. The zero-order valence-electron chi connectivity index (χ0n) is 13.5. The molecular formula is C17H24FIN4. The monoisotopic (exact) mass is 430 g/mol. The molecular weight excluding hydrogens is 406 g/mol. The van der Waals surface area contributed by atoms with Gasteiger partial charge in [-0.1, -0.05) is 12.2 Å². The van der Waals surface area contributed by atoms with Crippen molar-refractivity contribution in [1.82, 2.24) is 15.6 Å². The van der Waals surface area contributed by atoms with E-state index in [0.29, 0.717) is 0 Å². The van der Waals surface area contributed by atoms with E-state index in [1.807, 2.05) is 19.2 Å². The first-order valence-electron chi connectivity index (χ1n) is 7.55. The minimum absolute atomic E-state index is 0. The lowest BCUT2D eigenvalue weighted by molar-refractivity contribution is 0.629. The van der Waals surface area contributed by atoms with Crippen molar-refractivity contribution >= 4 is 40.8 Å². The lowest BCUT2D eigenvalue weighted by Crippen LogP contribution is -2.38. The Morgan fingerprint density at radius 3 is 2.83 bits per heavy atom. The normalized spacial score (nSPS) is 11.7.